The highest BCUT2D eigenvalue weighted by Crippen LogP contribution is 2.17. The maximum atomic E-state index is 11.8. The average Bonchev–Trinajstić information content (AvgIpc) is 2.25. The molecular weight excluding hydrogens is 238 g/mol. The van der Waals surface area contributed by atoms with Gasteiger partial charge in [0, 0.05) is 6.21 Å². The lowest BCUT2D eigenvalue weighted by molar-refractivity contribution is 0.415. The van der Waals surface area contributed by atoms with Crippen LogP contribution in [0.15, 0.2) is 28.7 Å². The fourth-order valence-corrected chi connectivity index (χ4v) is 1.59. The van der Waals surface area contributed by atoms with Crippen LogP contribution in [0.25, 0.3) is 0 Å². The third-order valence-corrected chi connectivity index (χ3v) is 4.14. The molecule has 0 spiro atoms. The van der Waals surface area contributed by atoms with Crippen molar-refractivity contribution in [3.63, 3.8) is 0 Å². The first kappa shape index (κ1) is 13.7. The summed E-state index contributed by atoms with van der Waals surface area (Å²) < 4.78 is 31.3. The van der Waals surface area contributed by atoms with E-state index in [1.165, 1.54) is 6.21 Å². The van der Waals surface area contributed by atoms with Gasteiger partial charge in [0.05, 0.1) is 11.9 Å². The largest absolute Gasteiger partial charge is 0.497 e. The summed E-state index contributed by atoms with van der Waals surface area (Å²) >= 11 is 0. The lowest BCUT2D eigenvalue weighted by Gasteiger charge is -2.14. The van der Waals surface area contributed by atoms with Crippen molar-refractivity contribution < 1.29 is 13.2 Å². The molecule has 0 atom stereocenters. The molecule has 0 radical (unpaired) electrons. The molecule has 1 rings (SSSR count). The molecule has 0 aliphatic rings. The Morgan fingerprint density at radius 3 is 2.47 bits per heavy atom. The lowest BCUT2D eigenvalue weighted by atomic mass is 10.2. The molecular formula is C12H17NO3S. The molecule has 0 aliphatic heterocycles. The summed E-state index contributed by atoms with van der Waals surface area (Å²) in [5.74, 6) is 0.669. The van der Waals surface area contributed by atoms with Gasteiger partial charge >= 0.3 is 0 Å². The Kier molecular flexibility index (Phi) is 3.93. The molecule has 0 bridgehead atoms. The highest BCUT2D eigenvalue weighted by Gasteiger charge is 2.27. The van der Waals surface area contributed by atoms with Crippen molar-refractivity contribution >= 4 is 16.2 Å². The van der Waals surface area contributed by atoms with Crippen LogP contribution in [0.5, 0.6) is 5.75 Å². The Labute approximate surface area is 102 Å². The van der Waals surface area contributed by atoms with Crippen LogP contribution in [-0.2, 0) is 10.0 Å². The van der Waals surface area contributed by atoms with Crippen LogP contribution in [0.1, 0.15) is 26.3 Å². The predicted octanol–water partition coefficient (Wildman–Crippen LogP) is 2.24. The van der Waals surface area contributed by atoms with Gasteiger partial charge in [0.2, 0.25) is 0 Å². The molecule has 4 nitrogen and oxygen atoms in total. The summed E-state index contributed by atoms with van der Waals surface area (Å²) in [5.41, 5.74) is 0.692. The van der Waals surface area contributed by atoms with Crippen LogP contribution in [-0.4, -0.2) is 26.5 Å². The third kappa shape index (κ3) is 3.56. The first-order valence-electron chi connectivity index (χ1n) is 5.20. The van der Waals surface area contributed by atoms with Gasteiger partial charge in [0.1, 0.15) is 5.75 Å². The normalized spacial score (nSPS) is 12.9. The van der Waals surface area contributed by atoms with Crippen LogP contribution in [0.4, 0.5) is 0 Å². The average molecular weight is 255 g/mol. The molecule has 0 aliphatic carbocycles. The minimum atomic E-state index is -3.49. The third-order valence-electron chi connectivity index (χ3n) is 2.21. The van der Waals surface area contributed by atoms with Crippen molar-refractivity contribution in [2.75, 3.05) is 7.11 Å². The monoisotopic (exact) mass is 255 g/mol. The Bertz CT molecular complexity index is 513. The minimum absolute atomic E-state index is 0.669. The molecule has 5 heteroatoms. The molecule has 94 valence electrons. The van der Waals surface area contributed by atoms with Gasteiger partial charge in [-0.3, -0.25) is 0 Å². The molecule has 0 N–H and O–H groups in total. The van der Waals surface area contributed by atoms with E-state index in [9.17, 15) is 8.42 Å². The first-order valence-corrected chi connectivity index (χ1v) is 6.64. The summed E-state index contributed by atoms with van der Waals surface area (Å²) in [6.07, 6.45) is 1.34. The number of nitrogens with zero attached hydrogens (tertiary/aromatic N) is 1. The summed E-state index contributed by atoms with van der Waals surface area (Å²) in [6, 6.07) is 7.06. The van der Waals surface area contributed by atoms with Gasteiger partial charge in [0.15, 0.2) is 0 Å². The van der Waals surface area contributed by atoms with Gasteiger partial charge in [-0.2, -0.15) is 4.40 Å². The van der Waals surface area contributed by atoms with Crippen molar-refractivity contribution in [1.29, 1.82) is 0 Å². The second kappa shape index (κ2) is 4.87. The van der Waals surface area contributed by atoms with Crippen molar-refractivity contribution in [2.45, 2.75) is 25.5 Å². The second-order valence-corrected chi connectivity index (χ2v) is 6.98. The zero-order valence-corrected chi connectivity index (χ0v) is 11.3. The van der Waals surface area contributed by atoms with Crippen LogP contribution in [0.3, 0.4) is 0 Å². The van der Waals surface area contributed by atoms with E-state index in [0.29, 0.717) is 11.3 Å². The zero-order chi connectivity index (χ0) is 13.1. The summed E-state index contributed by atoms with van der Waals surface area (Å²) in [4.78, 5) is 0. The molecule has 17 heavy (non-hydrogen) atoms. The fraction of sp³-hybridized carbons (Fsp3) is 0.417. The lowest BCUT2D eigenvalue weighted by Crippen LogP contribution is -2.25. The Morgan fingerprint density at radius 1 is 1.29 bits per heavy atom. The Balaban J connectivity index is 2.99. The topological polar surface area (TPSA) is 55.7 Å². The number of benzene rings is 1. The maximum Gasteiger partial charge on any atom is 0.258 e. The van der Waals surface area contributed by atoms with Gasteiger partial charge in [-0.25, -0.2) is 8.42 Å². The smallest absolute Gasteiger partial charge is 0.258 e. The highest BCUT2D eigenvalue weighted by molar-refractivity contribution is 7.91. The van der Waals surface area contributed by atoms with Gasteiger partial charge in [-0.1, -0.05) is 12.1 Å². The quantitative estimate of drug-likeness (QED) is 0.778. The summed E-state index contributed by atoms with van der Waals surface area (Å²) in [7, 11) is -1.93. The molecule has 0 aromatic heterocycles. The molecule has 0 saturated heterocycles. The van der Waals surface area contributed by atoms with Crippen LogP contribution in [0.2, 0.25) is 0 Å². The van der Waals surface area contributed by atoms with E-state index >= 15 is 0 Å². The van der Waals surface area contributed by atoms with E-state index in [-0.39, 0.29) is 0 Å². The zero-order valence-electron chi connectivity index (χ0n) is 10.5. The van der Waals surface area contributed by atoms with Crippen molar-refractivity contribution in [2.24, 2.45) is 4.40 Å². The summed E-state index contributed by atoms with van der Waals surface area (Å²) in [6.45, 7) is 4.85. The Morgan fingerprint density at radius 2 is 1.94 bits per heavy atom. The number of hydrogen-bond donors (Lipinski definition) is 0. The second-order valence-electron chi connectivity index (χ2n) is 4.60. The predicted molar refractivity (Wildman–Crippen MR) is 69.3 cm³/mol. The number of hydrogen-bond acceptors (Lipinski definition) is 3. The molecule has 1 aromatic carbocycles. The van der Waals surface area contributed by atoms with Gasteiger partial charge in [0.25, 0.3) is 10.0 Å². The van der Waals surface area contributed by atoms with Crippen LogP contribution >= 0.6 is 0 Å². The standard InChI is InChI=1S/C12H17NO3S/c1-12(2,3)17(14,15)13-9-10-6-5-7-11(8-10)16-4/h5-9H,1-4H3/b13-9+. The van der Waals surface area contributed by atoms with Gasteiger partial charge in [-0.05, 0) is 38.5 Å². The highest BCUT2D eigenvalue weighted by atomic mass is 32.2. The van der Waals surface area contributed by atoms with E-state index in [1.807, 2.05) is 0 Å². The number of sulfonamides is 1. The van der Waals surface area contributed by atoms with Crippen LogP contribution in [0, 0.1) is 0 Å². The van der Waals surface area contributed by atoms with E-state index in [1.54, 1.807) is 52.1 Å². The van der Waals surface area contributed by atoms with E-state index < -0.39 is 14.8 Å². The van der Waals surface area contributed by atoms with Crippen LogP contribution < -0.4 is 4.74 Å². The Hall–Kier alpha value is -1.36. The SMILES string of the molecule is COc1cccc(/C=N/S(=O)(=O)C(C)(C)C)c1. The van der Waals surface area contributed by atoms with Gasteiger partial charge in [-0.15, -0.1) is 0 Å². The fourth-order valence-electron chi connectivity index (χ4n) is 1.01. The molecule has 1 aromatic rings. The van der Waals surface area contributed by atoms with E-state index in [0.717, 1.165) is 0 Å². The van der Waals surface area contributed by atoms with Crippen molar-refractivity contribution in [3.8, 4) is 5.75 Å². The van der Waals surface area contributed by atoms with Crippen molar-refractivity contribution in [1.82, 2.24) is 0 Å². The molecule has 0 saturated carbocycles. The number of rotatable bonds is 3. The summed E-state index contributed by atoms with van der Waals surface area (Å²) in [5, 5.41) is 0. The van der Waals surface area contributed by atoms with Gasteiger partial charge < -0.3 is 4.74 Å². The van der Waals surface area contributed by atoms with E-state index in [4.69, 9.17) is 4.74 Å². The molecule has 0 fully saturated rings. The maximum absolute atomic E-state index is 11.8. The molecule has 0 amide bonds. The molecule has 0 unspecified atom stereocenters. The van der Waals surface area contributed by atoms with Crippen molar-refractivity contribution in [3.05, 3.63) is 29.8 Å². The number of methoxy groups -OCH3 is 1. The number of ether oxygens (including phenoxy) is 1. The molecule has 0 heterocycles. The first-order chi connectivity index (χ1) is 7.76. The minimum Gasteiger partial charge on any atom is -0.497 e. The van der Waals surface area contributed by atoms with E-state index in [2.05, 4.69) is 4.40 Å².